The van der Waals surface area contributed by atoms with Crippen LogP contribution in [-0.2, 0) is 4.79 Å². The normalized spacial score (nSPS) is 15.0. The van der Waals surface area contributed by atoms with Gasteiger partial charge in [0.25, 0.3) is 5.56 Å². The van der Waals surface area contributed by atoms with Gasteiger partial charge in [0, 0.05) is 13.0 Å². The SMILES string of the molecule is CCCCN(C(=O)CCC1CCCC1)C(C)c1nc2ccccc2c(=O)n1-c1ccc(F)cc1. The Bertz CT molecular complexity index is 1180. The molecule has 1 aliphatic carbocycles. The summed E-state index contributed by atoms with van der Waals surface area (Å²) in [4.78, 5) is 33.7. The van der Waals surface area contributed by atoms with Crippen molar-refractivity contribution in [2.45, 2.75) is 71.3 Å². The van der Waals surface area contributed by atoms with Gasteiger partial charge in [0.1, 0.15) is 11.6 Å². The van der Waals surface area contributed by atoms with E-state index in [1.807, 2.05) is 30.0 Å². The Kier molecular flexibility index (Phi) is 7.76. The number of benzene rings is 2. The van der Waals surface area contributed by atoms with Crippen molar-refractivity contribution in [2.24, 2.45) is 5.92 Å². The topological polar surface area (TPSA) is 55.2 Å². The minimum absolute atomic E-state index is 0.112. The van der Waals surface area contributed by atoms with Crippen molar-refractivity contribution in [1.82, 2.24) is 14.5 Å². The number of rotatable bonds is 9. The molecule has 1 aliphatic rings. The van der Waals surface area contributed by atoms with Crippen molar-refractivity contribution in [3.63, 3.8) is 0 Å². The summed E-state index contributed by atoms with van der Waals surface area (Å²) < 4.78 is 15.2. The van der Waals surface area contributed by atoms with Gasteiger partial charge in [0.05, 0.1) is 22.6 Å². The lowest BCUT2D eigenvalue weighted by Crippen LogP contribution is -2.38. The molecule has 1 atom stereocenters. The molecule has 0 aliphatic heterocycles. The average molecular weight is 464 g/mol. The van der Waals surface area contributed by atoms with Gasteiger partial charge < -0.3 is 4.90 Å². The first-order valence-corrected chi connectivity index (χ1v) is 12.6. The second kappa shape index (κ2) is 10.9. The van der Waals surface area contributed by atoms with Crippen LogP contribution in [0, 0.1) is 11.7 Å². The van der Waals surface area contributed by atoms with Gasteiger partial charge in [-0.25, -0.2) is 9.37 Å². The quantitative estimate of drug-likeness (QED) is 0.380. The second-order valence-electron chi connectivity index (χ2n) is 9.41. The van der Waals surface area contributed by atoms with E-state index in [-0.39, 0.29) is 17.3 Å². The lowest BCUT2D eigenvalue weighted by molar-refractivity contribution is -0.134. The summed E-state index contributed by atoms with van der Waals surface area (Å²) >= 11 is 0. The number of carbonyl (C=O) groups is 1. The fraction of sp³-hybridized carbons (Fsp3) is 0.464. The molecule has 4 rings (SSSR count). The van der Waals surface area contributed by atoms with Crippen molar-refractivity contribution in [2.75, 3.05) is 6.54 Å². The van der Waals surface area contributed by atoms with Crippen molar-refractivity contribution in [3.05, 3.63) is 70.5 Å². The molecule has 0 bridgehead atoms. The van der Waals surface area contributed by atoms with Crippen LogP contribution in [-0.4, -0.2) is 26.9 Å². The van der Waals surface area contributed by atoms with E-state index in [2.05, 4.69) is 6.92 Å². The smallest absolute Gasteiger partial charge is 0.266 e. The highest BCUT2D eigenvalue weighted by molar-refractivity contribution is 5.79. The van der Waals surface area contributed by atoms with Crippen LogP contribution in [0.4, 0.5) is 4.39 Å². The molecule has 0 radical (unpaired) electrons. The van der Waals surface area contributed by atoms with E-state index < -0.39 is 6.04 Å². The first-order chi connectivity index (χ1) is 16.5. The highest BCUT2D eigenvalue weighted by Gasteiger charge is 2.27. The molecular weight excluding hydrogens is 429 g/mol. The Morgan fingerprint density at radius 1 is 1.15 bits per heavy atom. The minimum atomic E-state index is -0.398. The molecule has 0 spiro atoms. The van der Waals surface area contributed by atoms with Crippen molar-refractivity contribution >= 4 is 16.8 Å². The maximum Gasteiger partial charge on any atom is 0.266 e. The summed E-state index contributed by atoms with van der Waals surface area (Å²) in [5, 5.41) is 0.496. The van der Waals surface area contributed by atoms with Gasteiger partial charge >= 0.3 is 0 Å². The molecular formula is C28H34FN3O2. The zero-order chi connectivity index (χ0) is 24.1. The number of hydrogen-bond donors (Lipinski definition) is 0. The molecule has 1 aromatic heterocycles. The summed E-state index contributed by atoms with van der Waals surface area (Å²) in [5.74, 6) is 0.886. The number of hydrogen-bond acceptors (Lipinski definition) is 3. The maximum absolute atomic E-state index is 13.6. The molecule has 34 heavy (non-hydrogen) atoms. The number of fused-ring (bicyclic) bond motifs is 1. The van der Waals surface area contributed by atoms with Gasteiger partial charge in [-0.05, 0) is 62.1 Å². The van der Waals surface area contributed by atoms with Crippen LogP contribution in [0.25, 0.3) is 16.6 Å². The van der Waals surface area contributed by atoms with Gasteiger partial charge in [-0.1, -0.05) is 51.2 Å². The average Bonchev–Trinajstić information content (AvgIpc) is 3.37. The standard InChI is InChI=1S/C28H34FN3O2/c1-3-4-19-31(26(33)18-13-21-9-5-6-10-21)20(2)27-30-25-12-8-7-11-24(25)28(34)32(27)23-16-14-22(29)15-17-23/h7-8,11-12,14-17,20-21H,3-6,9-10,13,18-19H2,1-2H3. The molecule has 1 amide bonds. The van der Waals surface area contributed by atoms with E-state index in [0.717, 1.165) is 19.3 Å². The summed E-state index contributed by atoms with van der Waals surface area (Å²) in [6.07, 6.45) is 8.25. The molecule has 1 fully saturated rings. The highest BCUT2D eigenvalue weighted by Crippen LogP contribution is 2.30. The number of unbranched alkanes of at least 4 members (excludes halogenated alkanes) is 1. The van der Waals surface area contributed by atoms with Gasteiger partial charge in [-0.15, -0.1) is 0 Å². The molecule has 0 saturated heterocycles. The minimum Gasteiger partial charge on any atom is -0.333 e. The van der Waals surface area contributed by atoms with E-state index >= 15 is 0 Å². The van der Waals surface area contributed by atoms with E-state index in [1.54, 1.807) is 18.2 Å². The molecule has 2 aromatic carbocycles. The monoisotopic (exact) mass is 463 g/mol. The van der Waals surface area contributed by atoms with E-state index in [0.29, 0.717) is 41.3 Å². The zero-order valence-electron chi connectivity index (χ0n) is 20.2. The Morgan fingerprint density at radius 3 is 2.56 bits per heavy atom. The van der Waals surface area contributed by atoms with Crippen LogP contribution in [0.3, 0.4) is 0 Å². The van der Waals surface area contributed by atoms with Crippen LogP contribution < -0.4 is 5.56 Å². The lowest BCUT2D eigenvalue weighted by atomic mass is 10.0. The number of amides is 1. The van der Waals surface area contributed by atoms with Gasteiger partial charge in [-0.3, -0.25) is 14.2 Å². The molecule has 1 unspecified atom stereocenters. The molecule has 5 nitrogen and oxygen atoms in total. The van der Waals surface area contributed by atoms with Crippen molar-refractivity contribution in [1.29, 1.82) is 0 Å². The van der Waals surface area contributed by atoms with Crippen LogP contribution in [0.15, 0.2) is 53.3 Å². The van der Waals surface area contributed by atoms with Crippen molar-refractivity contribution < 1.29 is 9.18 Å². The van der Waals surface area contributed by atoms with Gasteiger partial charge in [0.15, 0.2) is 0 Å². The fourth-order valence-corrected chi connectivity index (χ4v) is 5.04. The first kappa shape index (κ1) is 24.1. The van der Waals surface area contributed by atoms with E-state index in [9.17, 15) is 14.0 Å². The zero-order valence-corrected chi connectivity index (χ0v) is 20.2. The number of nitrogens with zero attached hydrogens (tertiary/aromatic N) is 3. The van der Waals surface area contributed by atoms with E-state index in [4.69, 9.17) is 4.98 Å². The molecule has 1 heterocycles. The largest absolute Gasteiger partial charge is 0.333 e. The summed E-state index contributed by atoms with van der Waals surface area (Å²) in [7, 11) is 0. The third kappa shape index (κ3) is 5.21. The van der Waals surface area contributed by atoms with Crippen LogP contribution >= 0.6 is 0 Å². The Balaban J connectivity index is 1.75. The number of carbonyl (C=O) groups excluding carboxylic acids is 1. The molecule has 6 heteroatoms. The Hall–Kier alpha value is -3.02. The second-order valence-corrected chi connectivity index (χ2v) is 9.41. The van der Waals surface area contributed by atoms with Gasteiger partial charge in [-0.2, -0.15) is 0 Å². The third-order valence-electron chi connectivity index (χ3n) is 7.04. The maximum atomic E-state index is 13.6. The molecule has 0 N–H and O–H groups in total. The predicted molar refractivity (Wildman–Crippen MR) is 134 cm³/mol. The Labute approximate surface area is 200 Å². The van der Waals surface area contributed by atoms with Crippen LogP contribution in [0.1, 0.15) is 77.1 Å². The highest BCUT2D eigenvalue weighted by atomic mass is 19.1. The summed E-state index contributed by atoms with van der Waals surface area (Å²) in [6, 6.07) is 12.7. The predicted octanol–water partition coefficient (Wildman–Crippen LogP) is 6.18. The number of para-hydroxylation sites is 1. The lowest BCUT2D eigenvalue weighted by Gasteiger charge is -2.31. The van der Waals surface area contributed by atoms with Gasteiger partial charge in [0.2, 0.25) is 5.91 Å². The van der Waals surface area contributed by atoms with E-state index in [1.165, 1.54) is 42.4 Å². The Morgan fingerprint density at radius 2 is 1.85 bits per heavy atom. The first-order valence-electron chi connectivity index (χ1n) is 12.6. The summed E-state index contributed by atoms with van der Waals surface area (Å²) in [6.45, 7) is 4.67. The molecule has 180 valence electrons. The fourth-order valence-electron chi connectivity index (χ4n) is 5.04. The molecule has 3 aromatic rings. The van der Waals surface area contributed by atoms with Crippen LogP contribution in [0.2, 0.25) is 0 Å². The third-order valence-corrected chi connectivity index (χ3v) is 7.04. The number of halogens is 1. The van der Waals surface area contributed by atoms with Crippen molar-refractivity contribution in [3.8, 4) is 5.69 Å². The molecule has 1 saturated carbocycles. The summed E-state index contributed by atoms with van der Waals surface area (Å²) in [5.41, 5.74) is 0.926. The van der Waals surface area contributed by atoms with Crippen LogP contribution in [0.5, 0.6) is 0 Å². The number of aromatic nitrogens is 2.